The van der Waals surface area contributed by atoms with Gasteiger partial charge < -0.3 is 15.4 Å². The molecule has 0 heterocycles. The molecule has 130 valence electrons. The van der Waals surface area contributed by atoms with Gasteiger partial charge in [0.2, 0.25) is 0 Å². The molecule has 1 saturated carbocycles. The van der Waals surface area contributed by atoms with Gasteiger partial charge in [0.15, 0.2) is 0 Å². The molecule has 22 heavy (non-hydrogen) atoms. The third-order valence-electron chi connectivity index (χ3n) is 4.24. The second kappa shape index (κ2) is 9.02. The topological polar surface area (TPSA) is 50.4 Å². The van der Waals surface area contributed by atoms with Crippen LogP contribution in [0.25, 0.3) is 0 Å². The summed E-state index contributed by atoms with van der Waals surface area (Å²) in [5.41, 5.74) is -0.438. The maximum atomic E-state index is 11.8. The molecule has 3 unspecified atom stereocenters. The lowest BCUT2D eigenvalue weighted by Gasteiger charge is -2.25. The van der Waals surface area contributed by atoms with Gasteiger partial charge >= 0.3 is 6.09 Å². The molecule has 3 atom stereocenters. The Morgan fingerprint density at radius 3 is 2.45 bits per heavy atom. The lowest BCUT2D eigenvalue weighted by Crippen LogP contribution is -2.41. The van der Waals surface area contributed by atoms with E-state index >= 15 is 0 Å². The van der Waals surface area contributed by atoms with Crippen LogP contribution in [0.3, 0.4) is 0 Å². The van der Waals surface area contributed by atoms with Crippen molar-refractivity contribution in [2.75, 3.05) is 19.3 Å². The predicted molar refractivity (Wildman–Crippen MR) is 95.5 cm³/mol. The Hall–Kier alpha value is -0.420. The molecule has 0 aromatic heterocycles. The first-order chi connectivity index (χ1) is 10.2. The van der Waals surface area contributed by atoms with Crippen molar-refractivity contribution in [1.29, 1.82) is 0 Å². The number of carbonyl (C=O) groups is 1. The summed E-state index contributed by atoms with van der Waals surface area (Å²) < 4.78 is 5.30. The lowest BCUT2D eigenvalue weighted by molar-refractivity contribution is 0.0514. The summed E-state index contributed by atoms with van der Waals surface area (Å²) in [7, 11) is 0. The molecule has 0 radical (unpaired) electrons. The van der Waals surface area contributed by atoms with E-state index in [-0.39, 0.29) is 6.09 Å². The van der Waals surface area contributed by atoms with Crippen molar-refractivity contribution in [2.24, 2.45) is 11.8 Å². The highest BCUT2D eigenvalue weighted by atomic mass is 32.2. The Balaban J connectivity index is 2.32. The van der Waals surface area contributed by atoms with Crippen LogP contribution in [0.15, 0.2) is 0 Å². The largest absolute Gasteiger partial charge is 0.444 e. The molecule has 0 aliphatic heterocycles. The summed E-state index contributed by atoms with van der Waals surface area (Å²) >= 11 is 1.98. The number of carbonyl (C=O) groups excluding carboxylic acids is 1. The van der Waals surface area contributed by atoms with Gasteiger partial charge in [0.25, 0.3) is 0 Å². The predicted octanol–water partition coefficient (Wildman–Crippen LogP) is 3.66. The highest BCUT2D eigenvalue weighted by molar-refractivity contribution is 7.99. The summed E-state index contributed by atoms with van der Waals surface area (Å²) in [5, 5.41) is 7.42. The van der Waals surface area contributed by atoms with Crippen LogP contribution in [-0.4, -0.2) is 42.3 Å². The Morgan fingerprint density at radius 1 is 1.27 bits per heavy atom. The third-order valence-corrected chi connectivity index (χ3v) is 5.33. The van der Waals surface area contributed by atoms with Crippen LogP contribution in [0.5, 0.6) is 0 Å². The zero-order valence-corrected chi connectivity index (χ0v) is 15.9. The van der Waals surface area contributed by atoms with Gasteiger partial charge in [-0.15, -0.1) is 0 Å². The van der Waals surface area contributed by atoms with Gasteiger partial charge in [0.05, 0.1) is 0 Å². The van der Waals surface area contributed by atoms with Gasteiger partial charge in [0, 0.05) is 24.4 Å². The molecule has 0 aromatic rings. The van der Waals surface area contributed by atoms with Gasteiger partial charge in [0.1, 0.15) is 5.60 Å². The first kappa shape index (κ1) is 19.6. The molecule has 1 rings (SSSR count). The van der Waals surface area contributed by atoms with Crippen LogP contribution >= 0.6 is 11.8 Å². The van der Waals surface area contributed by atoms with Gasteiger partial charge in [-0.1, -0.05) is 13.8 Å². The number of ether oxygens (including phenoxy) is 1. The molecule has 1 amide bonds. The minimum atomic E-state index is -0.438. The Labute approximate surface area is 140 Å². The first-order valence-electron chi connectivity index (χ1n) is 8.44. The fourth-order valence-corrected chi connectivity index (χ4v) is 3.53. The van der Waals surface area contributed by atoms with E-state index in [1.165, 1.54) is 19.3 Å². The van der Waals surface area contributed by atoms with Crippen LogP contribution in [0, 0.1) is 11.8 Å². The zero-order chi connectivity index (χ0) is 16.8. The van der Waals surface area contributed by atoms with Crippen molar-refractivity contribution >= 4 is 17.9 Å². The monoisotopic (exact) mass is 330 g/mol. The molecule has 2 N–H and O–H groups in total. The fraction of sp³-hybridized carbons (Fsp3) is 0.941. The molecule has 4 nitrogen and oxygen atoms in total. The fourth-order valence-electron chi connectivity index (χ4n) is 2.73. The average molecular weight is 331 g/mol. The summed E-state index contributed by atoms with van der Waals surface area (Å²) in [6, 6.07) is 0.639. The van der Waals surface area contributed by atoms with Gasteiger partial charge in [-0.05, 0) is 58.1 Å². The number of hydrogen-bond acceptors (Lipinski definition) is 4. The molecule has 0 spiro atoms. The third kappa shape index (κ3) is 7.73. The number of hydrogen-bond donors (Lipinski definition) is 2. The SMILES string of the molecule is CSC1CCC(NCC(CNC(=O)OC(C)(C)C)C(C)C)C1. The van der Waals surface area contributed by atoms with E-state index in [4.69, 9.17) is 4.74 Å². The van der Waals surface area contributed by atoms with E-state index in [0.29, 0.717) is 24.4 Å². The average Bonchev–Trinajstić information content (AvgIpc) is 2.84. The summed E-state index contributed by atoms with van der Waals surface area (Å²) in [6.07, 6.45) is 5.75. The van der Waals surface area contributed by atoms with E-state index in [1.807, 2.05) is 32.5 Å². The highest BCUT2D eigenvalue weighted by Gasteiger charge is 2.25. The molecule has 1 aliphatic rings. The van der Waals surface area contributed by atoms with E-state index in [2.05, 4.69) is 30.7 Å². The Morgan fingerprint density at radius 2 is 1.95 bits per heavy atom. The van der Waals surface area contributed by atoms with Crippen molar-refractivity contribution in [3.05, 3.63) is 0 Å². The van der Waals surface area contributed by atoms with E-state index in [0.717, 1.165) is 11.8 Å². The molecular weight excluding hydrogens is 296 g/mol. The number of amides is 1. The van der Waals surface area contributed by atoms with Crippen molar-refractivity contribution in [1.82, 2.24) is 10.6 Å². The molecule has 0 saturated heterocycles. The lowest BCUT2D eigenvalue weighted by atomic mass is 9.95. The summed E-state index contributed by atoms with van der Waals surface area (Å²) in [4.78, 5) is 11.8. The summed E-state index contributed by atoms with van der Waals surface area (Å²) in [5.74, 6) is 0.959. The van der Waals surface area contributed by atoms with Crippen LogP contribution in [-0.2, 0) is 4.74 Å². The minimum Gasteiger partial charge on any atom is -0.444 e. The smallest absolute Gasteiger partial charge is 0.407 e. The number of alkyl carbamates (subject to hydrolysis) is 1. The molecular formula is C17H34N2O2S. The van der Waals surface area contributed by atoms with E-state index < -0.39 is 5.60 Å². The molecule has 5 heteroatoms. The van der Waals surface area contributed by atoms with E-state index in [9.17, 15) is 4.79 Å². The van der Waals surface area contributed by atoms with Gasteiger partial charge in [-0.2, -0.15) is 11.8 Å². The number of rotatable bonds is 7. The van der Waals surface area contributed by atoms with Crippen LogP contribution in [0.1, 0.15) is 53.9 Å². The van der Waals surface area contributed by atoms with Crippen molar-refractivity contribution < 1.29 is 9.53 Å². The van der Waals surface area contributed by atoms with Crippen molar-refractivity contribution in [3.63, 3.8) is 0 Å². The maximum absolute atomic E-state index is 11.8. The second-order valence-electron chi connectivity index (χ2n) is 7.66. The second-order valence-corrected chi connectivity index (χ2v) is 8.80. The normalized spacial score (nSPS) is 23.6. The van der Waals surface area contributed by atoms with Crippen molar-refractivity contribution in [2.45, 2.75) is 70.8 Å². The minimum absolute atomic E-state index is 0.318. The van der Waals surface area contributed by atoms with E-state index in [1.54, 1.807) is 0 Å². The van der Waals surface area contributed by atoms with Crippen molar-refractivity contribution in [3.8, 4) is 0 Å². The standard InChI is InChI=1S/C17H34N2O2S/c1-12(2)13(11-19-16(20)21-17(3,4)5)10-18-14-7-8-15(9-14)22-6/h12-15,18H,7-11H2,1-6H3,(H,19,20). The quantitative estimate of drug-likeness (QED) is 0.748. The molecule has 0 aromatic carbocycles. The number of nitrogens with one attached hydrogen (secondary N) is 2. The summed E-state index contributed by atoms with van der Waals surface area (Å²) in [6.45, 7) is 11.7. The molecule has 1 fully saturated rings. The maximum Gasteiger partial charge on any atom is 0.407 e. The van der Waals surface area contributed by atoms with Gasteiger partial charge in [-0.3, -0.25) is 0 Å². The molecule has 1 aliphatic carbocycles. The number of thioether (sulfide) groups is 1. The Bertz CT molecular complexity index is 342. The molecule has 0 bridgehead atoms. The van der Waals surface area contributed by atoms with Gasteiger partial charge in [-0.25, -0.2) is 4.79 Å². The van der Waals surface area contributed by atoms with Crippen LogP contribution in [0.2, 0.25) is 0 Å². The zero-order valence-electron chi connectivity index (χ0n) is 15.1. The highest BCUT2D eigenvalue weighted by Crippen LogP contribution is 2.28. The van der Waals surface area contributed by atoms with Crippen LogP contribution in [0.4, 0.5) is 4.79 Å². The van der Waals surface area contributed by atoms with Crippen LogP contribution < -0.4 is 10.6 Å². The first-order valence-corrected chi connectivity index (χ1v) is 9.73. The Kier molecular flexibility index (Phi) is 8.04.